The van der Waals surface area contributed by atoms with E-state index < -0.39 is 18.1 Å². The van der Waals surface area contributed by atoms with Gasteiger partial charge in [0.1, 0.15) is 5.75 Å². The SMILES string of the molecule is CC(Oc1ccc2c(c1)[C@H](O)CCC2)C(N)=O. The molecule has 2 rings (SSSR count). The first-order valence-electron chi connectivity index (χ1n) is 5.85. The average molecular weight is 235 g/mol. The first-order chi connectivity index (χ1) is 8.08. The van der Waals surface area contributed by atoms with Crippen LogP contribution in [0, 0.1) is 0 Å². The lowest BCUT2D eigenvalue weighted by atomic mass is 9.89. The molecule has 0 heterocycles. The van der Waals surface area contributed by atoms with Gasteiger partial charge in [0.15, 0.2) is 6.10 Å². The van der Waals surface area contributed by atoms with Crippen molar-refractivity contribution >= 4 is 5.91 Å². The van der Waals surface area contributed by atoms with Crippen molar-refractivity contribution in [3.05, 3.63) is 29.3 Å². The van der Waals surface area contributed by atoms with Gasteiger partial charge >= 0.3 is 0 Å². The van der Waals surface area contributed by atoms with Gasteiger partial charge in [-0.1, -0.05) is 6.07 Å². The van der Waals surface area contributed by atoms with E-state index in [1.54, 1.807) is 13.0 Å². The Labute approximate surface area is 100 Å². The summed E-state index contributed by atoms with van der Waals surface area (Å²) in [6, 6.07) is 5.57. The van der Waals surface area contributed by atoms with Crippen LogP contribution in [0.15, 0.2) is 18.2 Å². The normalized spacial score (nSPS) is 20.5. The molecule has 0 aromatic heterocycles. The van der Waals surface area contributed by atoms with E-state index >= 15 is 0 Å². The molecular weight excluding hydrogens is 218 g/mol. The van der Waals surface area contributed by atoms with E-state index in [1.165, 1.54) is 0 Å². The second kappa shape index (κ2) is 4.75. The van der Waals surface area contributed by atoms with Crippen molar-refractivity contribution in [1.29, 1.82) is 0 Å². The Morgan fingerprint density at radius 2 is 2.35 bits per heavy atom. The number of aliphatic hydroxyl groups excluding tert-OH is 1. The van der Waals surface area contributed by atoms with E-state index in [2.05, 4.69) is 0 Å². The molecule has 4 nitrogen and oxygen atoms in total. The maximum atomic E-state index is 10.9. The van der Waals surface area contributed by atoms with Crippen LogP contribution in [0.5, 0.6) is 5.75 Å². The Kier molecular flexibility index (Phi) is 3.33. The Balaban J connectivity index is 2.20. The Morgan fingerprint density at radius 3 is 3.06 bits per heavy atom. The summed E-state index contributed by atoms with van der Waals surface area (Å²) in [5.41, 5.74) is 7.20. The number of nitrogens with two attached hydrogens (primary N) is 1. The van der Waals surface area contributed by atoms with Gasteiger partial charge in [-0.15, -0.1) is 0 Å². The minimum atomic E-state index is -0.659. The van der Waals surface area contributed by atoms with Crippen LogP contribution in [0.4, 0.5) is 0 Å². The number of hydrogen-bond acceptors (Lipinski definition) is 3. The van der Waals surface area contributed by atoms with Crippen LogP contribution in [0.25, 0.3) is 0 Å². The number of hydrogen-bond donors (Lipinski definition) is 2. The van der Waals surface area contributed by atoms with Crippen molar-refractivity contribution in [1.82, 2.24) is 0 Å². The van der Waals surface area contributed by atoms with Gasteiger partial charge in [-0.05, 0) is 49.4 Å². The van der Waals surface area contributed by atoms with Crippen LogP contribution in [0.2, 0.25) is 0 Å². The largest absolute Gasteiger partial charge is 0.481 e. The molecule has 3 N–H and O–H groups in total. The number of ether oxygens (including phenoxy) is 1. The summed E-state index contributed by atoms with van der Waals surface area (Å²) < 4.78 is 5.40. The molecule has 1 aliphatic carbocycles. The van der Waals surface area contributed by atoms with Crippen molar-refractivity contribution in [2.75, 3.05) is 0 Å². The third-order valence-corrected chi connectivity index (χ3v) is 3.11. The number of aliphatic hydroxyl groups is 1. The summed E-state index contributed by atoms with van der Waals surface area (Å²) in [6.07, 6.45) is 1.69. The zero-order valence-electron chi connectivity index (χ0n) is 9.85. The first-order valence-corrected chi connectivity index (χ1v) is 5.85. The average Bonchev–Trinajstić information content (AvgIpc) is 2.30. The zero-order valence-corrected chi connectivity index (χ0v) is 9.85. The fraction of sp³-hybridized carbons (Fsp3) is 0.462. The van der Waals surface area contributed by atoms with Crippen molar-refractivity contribution in [2.45, 2.75) is 38.4 Å². The number of fused-ring (bicyclic) bond motifs is 1. The van der Waals surface area contributed by atoms with Gasteiger partial charge in [0, 0.05) is 0 Å². The predicted molar refractivity (Wildman–Crippen MR) is 63.6 cm³/mol. The molecule has 17 heavy (non-hydrogen) atoms. The lowest BCUT2D eigenvalue weighted by molar-refractivity contribution is -0.123. The Hall–Kier alpha value is -1.55. The van der Waals surface area contributed by atoms with Gasteiger partial charge in [0.05, 0.1) is 6.10 Å². The summed E-state index contributed by atoms with van der Waals surface area (Å²) in [5, 5.41) is 9.88. The van der Waals surface area contributed by atoms with E-state index in [4.69, 9.17) is 10.5 Å². The van der Waals surface area contributed by atoms with Gasteiger partial charge < -0.3 is 15.6 Å². The van der Waals surface area contributed by atoms with Gasteiger partial charge in [-0.2, -0.15) is 0 Å². The second-order valence-corrected chi connectivity index (χ2v) is 4.43. The maximum absolute atomic E-state index is 10.9. The van der Waals surface area contributed by atoms with Crippen molar-refractivity contribution in [3.63, 3.8) is 0 Å². The number of carbonyl (C=O) groups excluding carboxylic acids is 1. The molecule has 1 amide bonds. The third kappa shape index (κ3) is 2.58. The molecule has 1 unspecified atom stereocenters. The number of aryl methyl sites for hydroxylation is 1. The molecule has 92 valence electrons. The summed E-state index contributed by atoms with van der Waals surface area (Å²) >= 11 is 0. The molecule has 0 radical (unpaired) electrons. The highest BCUT2D eigenvalue weighted by Crippen LogP contribution is 2.32. The standard InChI is InChI=1S/C13H17NO3/c1-8(13(14)16)17-10-6-5-9-3-2-4-12(15)11(9)7-10/h5-8,12,15H,2-4H2,1H3,(H2,14,16)/t8?,12-/m1/s1. The minimum Gasteiger partial charge on any atom is -0.481 e. The lowest BCUT2D eigenvalue weighted by Gasteiger charge is -2.22. The van der Waals surface area contributed by atoms with Gasteiger partial charge in [0.25, 0.3) is 5.91 Å². The smallest absolute Gasteiger partial charge is 0.258 e. The van der Waals surface area contributed by atoms with Crippen molar-refractivity contribution in [2.24, 2.45) is 5.73 Å². The number of amides is 1. The molecule has 1 aromatic rings. The van der Waals surface area contributed by atoms with Crippen molar-refractivity contribution < 1.29 is 14.6 Å². The maximum Gasteiger partial charge on any atom is 0.258 e. The summed E-state index contributed by atoms with van der Waals surface area (Å²) in [7, 11) is 0. The molecular formula is C13H17NO3. The molecule has 0 saturated carbocycles. The molecule has 4 heteroatoms. The summed E-state index contributed by atoms with van der Waals surface area (Å²) in [5.74, 6) is 0.0827. The van der Waals surface area contributed by atoms with Crippen LogP contribution >= 0.6 is 0 Å². The quantitative estimate of drug-likeness (QED) is 0.829. The van der Waals surface area contributed by atoms with Crippen LogP contribution in [0.1, 0.15) is 37.0 Å². The molecule has 0 aliphatic heterocycles. The number of carbonyl (C=O) groups is 1. The van der Waals surface area contributed by atoms with E-state index in [1.807, 2.05) is 12.1 Å². The zero-order chi connectivity index (χ0) is 12.4. The molecule has 1 aliphatic rings. The van der Waals surface area contributed by atoms with Crippen LogP contribution < -0.4 is 10.5 Å². The molecule has 0 saturated heterocycles. The Morgan fingerprint density at radius 1 is 1.59 bits per heavy atom. The molecule has 2 atom stereocenters. The lowest BCUT2D eigenvalue weighted by Crippen LogP contribution is -2.30. The topological polar surface area (TPSA) is 72.6 Å². The van der Waals surface area contributed by atoms with Crippen LogP contribution in [-0.2, 0) is 11.2 Å². The second-order valence-electron chi connectivity index (χ2n) is 4.43. The molecule has 0 bridgehead atoms. The number of rotatable bonds is 3. The molecule has 0 spiro atoms. The summed E-state index contributed by atoms with van der Waals surface area (Å²) in [4.78, 5) is 10.9. The van der Waals surface area contributed by atoms with E-state index in [0.717, 1.165) is 30.4 Å². The predicted octanol–water partition coefficient (Wildman–Crippen LogP) is 1.31. The minimum absolute atomic E-state index is 0.425. The Bertz CT molecular complexity index is 431. The molecule has 0 fully saturated rings. The fourth-order valence-electron chi connectivity index (χ4n) is 2.09. The first kappa shape index (κ1) is 11.9. The third-order valence-electron chi connectivity index (χ3n) is 3.11. The van der Waals surface area contributed by atoms with Crippen LogP contribution in [-0.4, -0.2) is 17.1 Å². The van der Waals surface area contributed by atoms with Gasteiger partial charge in [-0.25, -0.2) is 0 Å². The van der Waals surface area contributed by atoms with E-state index in [-0.39, 0.29) is 0 Å². The number of primary amides is 1. The summed E-state index contributed by atoms with van der Waals surface area (Å²) in [6.45, 7) is 1.61. The number of benzene rings is 1. The molecule has 1 aromatic carbocycles. The fourth-order valence-corrected chi connectivity index (χ4v) is 2.09. The van der Waals surface area contributed by atoms with Gasteiger partial charge in [0.2, 0.25) is 0 Å². The highest BCUT2D eigenvalue weighted by molar-refractivity contribution is 5.78. The highest BCUT2D eigenvalue weighted by atomic mass is 16.5. The monoisotopic (exact) mass is 235 g/mol. The van der Waals surface area contributed by atoms with Crippen molar-refractivity contribution in [3.8, 4) is 5.75 Å². The van der Waals surface area contributed by atoms with E-state index in [9.17, 15) is 9.90 Å². The van der Waals surface area contributed by atoms with Crippen LogP contribution in [0.3, 0.4) is 0 Å². The van der Waals surface area contributed by atoms with Gasteiger partial charge in [-0.3, -0.25) is 4.79 Å². The van der Waals surface area contributed by atoms with E-state index in [0.29, 0.717) is 5.75 Å². The highest BCUT2D eigenvalue weighted by Gasteiger charge is 2.19.